The second-order valence-electron chi connectivity index (χ2n) is 10.6. The van der Waals surface area contributed by atoms with Crippen molar-refractivity contribution in [3.8, 4) is 0 Å². The monoisotopic (exact) mass is 517 g/mol. The normalized spacial score (nSPS) is 19.7. The molecular weight excluding hydrogens is 482 g/mol. The maximum atomic E-state index is 13.4. The highest BCUT2D eigenvalue weighted by Crippen LogP contribution is 2.42. The van der Waals surface area contributed by atoms with E-state index in [4.69, 9.17) is 9.16 Å². The molecule has 2 aromatic rings. The van der Waals surface area contributed by atoms with Crippen molar-refractivity contribution in [3.63, 3.8) is 0 Å². The quantitative estimate of drug-likeness (QED) is 0.287. The van der Waals surface area contributed by atoms with Gasteiger partial charge in [-0.2, -0.15) is 0 Å². The Hall–Kier alpha value is -2.49. The van der Waals surface area contributed by atoms with Crippen LogP contribution in [0.2, 0.25) is 18.1 Å². The lowest BCUT2D eigenvalue weighted by molar-refractivity contribution is -0.172. The van der Waals surface area contributed by atoms with Crippen LogP contribution in [-0.2, 0) is 35.4 Å². The van der Waals surface area contributed by atoms with Gasteiger partial charge in [0.05, 0.1) is 16.9 Å². The number of hydrogen-bond acceptors (Lipinski definition) is 6. The van der Waals surface area contributed by atoms with Gasteiger partial charge in [0.1, 0.15) is 6.61 Å². The maximum Gasteiger partial charge on any atom is 0.331 e. The lowest BCUT2D eigenvalue weighted by Crippen LogP contribution is -2.70. The fourth-order valence-corrected chi connectivity index (χ4v) is 6.81. The van der Waals surface area contributed by atoms with E-state index in [0.717, 1.165) is 11.1 Å². The Labute approximate surface area is 209 Å². The summed E-state index contributed by atoms with van der Waals surface area (Å²) in [7, 11) is -6.53. The molecule has 1 heterocycles. The highest BCUT2D eigenvalue weighted by molar-refractivity contribution is 7.89. The number of sulfonamides is 1. The molecule has 0 N–H and O–H groups in total. The van der Waals surface area contributed by atoms with E-state index in [1.54, 1.807) is 31.2 Å². The van der Waals surface area contributed by atoms with Gasteiger partial charge in [0, 0.05) is 0 Å². The van der Waals surface area contributed by atoms with Crippen molar-refractivity contribution in [2.75, 3.05) is 0 Å². The van der Waals surface area contributed by atoms with Crippen LogP contribution in [0, 0.1) is 12.8 Å². The van der Waals surface area contributed by atoms with Gasteiger partial charge in [0.2, 0.25) is 5.91 Å². The van der Waals surface area contributed by atoms with E-state index in [1.807, 2.05) is 25.1 Å². The lowest BCUT2D eigenvalue weighted by Gasteiger charge is -2.48. The minimum Gasteiger partial charge on any atom is -0.459 e. The number of rotatable bonds is 8. The number of esters is 1. The van der Waals surface area contributed by atoms with Crippen molar-refractivity contribution in [2.24, 2.45) is 5.92 Å². The molecule has 1 amide bonds. The van der Waals surface area contributed by atoms with Gasteiger partial charge < -0.3 is 9.16 Å². The Morgan fingerprint density at radius 1 is 1.06 bits per heavy atom. The Morgan fingerprint density at radius 3 is 2.17 bits per heavy atom. The first-order chi connectivity index (χ1) is 16.2. The van der Waals surface area contributed by atoms with Crippen LogP contribution >= 0.6 is 0 Å². The number of benzene rings is 2. The van der Waals surface area contributed by atoms with Crippen molar-refractivity contribution < 1.29 is 27.2 Å². The number of aryl methyl sites for hydroxylation is 1. The van der Waals surface area contributed by atoms with Gasteiger partial charge in [0.15, 0.2) is 14.4 Å². The van der Waals surface area contributed by atoms with Gasteiger partial charge in [-0.1, -0.05) is 68.8 Å². The molecule has 0 saturated carbocycles. The van der Waals surface area contributed by atoms with Crippen molar-refractivity contribution in [1.82, 2.24) is 4.31 Å². The minimum atomic E-state index is -4.25. The number of hydrogen-bond donors (Lipinski definition) is 0. The maximum absolute atomic E-state index is 13.4. The first kappa shape index (κ1) is 27.1. The number of carbonyl (C=O) groups excluding carboxylic acids is 2. The minimum absolute atomic E-state index is 0.0209. The standard InChI is InChI=1S/C26H35NO6SSi/c1-18-13-15-21(16-14-18)34(30,31)27-23(25(29)32-17-20-11-9-8-10-12-20)22(24(27)28)19(2)33-35(6,7)26(3,4)5/h8-16,19,22-23H,17H2,1-7H3/t19-,22-,23-/m1/s1. The molecule has 0 radical (unpaired) electrons. The van der Waals surface area contributed by atoms with Gasteiger partial charge in [-0.3, -0.25) is 4.79 Å². The summed E-state index contributed by atoms with van der Waals surface area (Å²) in [5, 5.41) is -0.120. The molecule has 3 rings (SSSR count). The average molecular weight is 518 g/mol. The molecule has 3 atom stereocenters. The van der Waals surface area contributed by atoms with E-state index < -0.39 is 48.3 Å². The molecule has 0 bridgehead atoms. The third-order valence-corrected chi connectivity index (χ3v) is 13.3. The molecule has 2 aromatic carbocycles. The zero-order chi connectivity index (χ0) is 26.2. The summed E-state index contributed by atoms with van der Waals surface area (Å²) >= 11 is 0. The molecule has 0 spiro atoms. The van der Waals surface area contributed by atoms with Crippen molar-refractivity contribution in [2.45, 2.75) is 76.4 Å². The van der Waals surface area contributed by atoms with Crippen LogP contribution in [0.1, 0.15) is 38.8 Å². The molecule has 9 heteroatoms. The summed E-state index contributed by atoms with van der Waals surface area (Å²) in [6.07, 6.45) is -0.651. The van der Waals surface area contributed by atoms with E-state index in [9.17, 15) is 18.0 Å². The van der Waals surface area contributed by atoms with Crippen LogP contribution in [-0.4, -0.2) is 45.1 Å². The van der Waals surface area contributed by atoms with Gasteiger partial charge >= 0.3 is 5.97 Å². The molecule has 0 aromatic heterocycles. The Morgan fingerprint density at radius 2 is 1.63 bits per heavy atom. The van der Waals surface area contributed by atoms with E-state index >= 15 is 0 Å². The van der Waals surface area contributed by atoms with Crippen molar-refractivity contribution >= 4 is 30.2 Å². The van der Waals surface area contributed by atoms with Crippen LogP contribution in [0.15, 0.2) is 59.5 Å². The largest absolute Gasteiger partial charge is 0.459 e. The third kappa shape index (κ3) is 5.52. The molecule has 1 saturated heterocycles. The molecule has 0 unspecified atom stereocenters. The van der Waals surface area contributed by atoms with Gasteiger partial charge in [0.25, 0.3) is 10.0 Å². The Bertz CT molecular complexity index is 1170. The molecule has 1 aliphatic rings. The van der Waals surface area contributed by atoms with E-state index in [0.29, 0.717) is 4.31 Å². The SMILES string of the molecule is Cc1ccc(S(=O)(=O)N2C(=O)[C@H]([C@@H](C)O[Si](C)(C)C(C)(C)C)[C@@H]2C(=O)OCc2ccccc2)cc1. The smallest absolute Gasteiger partial charge is 0.331 e. The zero-order valence-electron chi connectivity index (χ0n) is 21.4. The van der Waals surface area contributed by atoms with Crippen LogP contribution < -0.4 is 0 Å². The number of ether oxygens (including phenoxy) is 1. The molecule has 7 nitrogen and oxygen atoms in total. The first-order valence-corrected chi connectivity index (χ1v) is 16.0. The third-order valence-electron chi connectivity index (χ3n) is 6.93. The van der Waals surface area contributed by atoms with E-state index in [2.05, 4.69) is 33.9 Å². The fraction of sp³-hybridized carbons (Fsp3) is 0.462. The fourth-order valence-electron chi connectivity index (χ4n) is 3.80. The molecule has 0 aliphatic carbocycles. The predicted molar refractivity (Wildman–Crippen MR) is 136 cm³/mol. The van der Waals surface area contributed by atoms with Crippen molar-refractivity contribution in [3.05, 3.63) is 65.7 Å². The summed E-state index contributed by atoms with van der Waals surface area (Å²) in [6, 6.07) is 14.0. The van der Waals surface area contributed by atoms with E-state index in [-0.39, 0.29) is 16.5 Å². The summed E-state index contributed by atoms with van der Waals surface area (Å²) in [5.41, 5.74) is 1.65. The number of carbonyl (C=O) groups is 2. The number of amides is 1. The second kappa shape index (κ2) is 9.87. The molecular formula is C26H35NO6SSi. The Kier molecular flexibility index (Phi) is 7.64. The van der Waals surface area contributed by atoms with Gasteiger partial charge in [-0.15, -0.1) is 0 Å². The van der Waals surface area contributed by atoms with Gasteiger partial charge in [-0.05, 0) is 49.7 Å². The zero-order valence-corrected chi connectivity index (χ0v) is 23.3. The second-order valence-corrected chi connectivity index (χ2v) is 17.2. The Balaban J connectivity index is 1.92. The lowest BCUT2D eigenvalue weighted by atomic mass is 9.86. The van der Waals surface area contributed by atoms with E-state index in [1.165, 1.54) is 12.1 Å². The predicted octanol–water partition coefficient (Wildman–Crippen LogP) is 4.66. The summed E-state index contributed by atoms with van der Waals surface area (Å²) in [6.45, 7) is 13.9. The first-order valence-electron chi connectivity index (χ1n) is 11.7. The van der Waals surface area contributed by atoms with Crippen LogP contribution in [0.5, 0.6) is 0 Å². The molecule has 35 heavy (non-hydrogen) atoms. The molecule has 1 aliphatic heterocycles. The summed E-state index contributed by atoms with van der Waals surface area (Å²) in [4.78, 5) is 26.5. The molecule has 1 fully saturated rings. The summed E-state index contributed by atoms with van der Waals surface area (Å²) in [5.74, 6) is -2.37. The van der Waals surface area contributed by atoms with Crippen molar-refractivity contribution in [1.29, 1.82) is 0 Å². The number of β-lactam (4-membered cyclic amide) rings is 1. The highest BCUT2D eigenvalue weighted by Gasteiger charge is 2.61. The highest BCUT2D eigenvalue weighted by atomic mass is 32.2. The summed E-state index contributed by atoms with van der Waals surface area (Å²) < 4.78 is 39.4. The number of nitrogens with zero attached hydrogens (tertiary/aromatic N) is 1. The van der Waals surface area contributed by atoms with Crippen LogP contribution in [0.4, 0.5) is 0 Å². The van der Waals surface area contributed by atoms with Crippen LogP contribution in [0.25, 0.3) is 0 Å². The van der Waals surface area contributed by atoms with Gasteiger partial charge in [-0.25, -0.2) is 17.5 Å². The average Bonchev–Trinajstić information content (AvgIpc) is 2.75. The topological polar surface area (TPSA) is 90.0 Å². The molecule has 190 valence electrons. The van der Waals surface area contributed by atoms with Crippen LogP contribution in [0.3, 0.4) is 0 Å².